The number of hydrogen-bond acceptors (Lipinski definition) is 6. The fourth-order valence-corrected chi connectivity index (χ4v) is 2.87. The molecule has 0 aromatic carbocycles. The molecule has 1 aromatic heterocycles. The SMILES string of the molecule is CN1c2nccnc2C(=O)N(CCC2CCOCC2)C1O. The molecule has 0 bridgehead atoms. The monoisotopic (exact) mass is 292 g/mol. The molecule has 1 unspecified atom stereocenters. The number of ether oxygens (including phenoxy) is 1. The van der Waals surface area contributed by atoms with Gasteiger partial charge in [0, 0.05) is 39.2 Å². The van der Waals surface area contributed by atoms with E-state index >= 15 is 0 Å². The summed E-state index contributed by atoms with van der Waals surface area (Å²) in [5, 5.41) is 10.3. The molecule has 7 heteroatoms. The average Bonchev–Trinajstić information content (AvgIpc) is 2.54. The third-order valence-corrected chi connectivity index (χ3v) is 4.22. The van der Waals surface area contributed by atoms with Crippen molar-refractivity contribution in [1.29, 1.82) is 0 Å². The van der Waals surface area contributed by atoms with Crippen molar-refractivity contribution in [3.8, 4) is 0 Å². The number of rotatable bonds is 3. The number of carbonyl (C=O) groups is 1. The van der Waals surface area contributed by atoms with Crippen LogP contribution in [0, 0.1) is 5.92 Å². The number of fused-ring (bicyclic) bond motifs is 1. The molecule has 1 saturated heterocycles. The van der Waals surface area contributed by atoms with E-state index in [1.165, 1.54) is 17.3 Å². The van der Waals surface area contributed by atoms with E-state index in [2.05, 4.69) is 9.97 Å². The van der Waals surface area contributed by atoms with Gasteiger partial charge in [-0.1, -0.05) is 0 Å². The first-order valence-corrected chi connectivity index (χ1v) is 7.29. The van der Waals surface area contributed by atoms with Crippen molar-refractivity contribution >= 4 is 11.7 Å². The average molecular weight is 292 g/mol. The van der Waals surface area contributed by atoms with Crippen molar-refractivity contribution in [1.82, 2.24) is 14.9 Å². The van der Waals surface area contributed by atoms with E-state index in [0.29, 0.717) is 24.0 Å². The van der Waals surface area contributed by atoms with Crippen LogP contribution in [0.15, 0.2) is 12.4 Å². The fraction of sp³-hybridized carbons (Fsp3) is 0.643. The normalized spacial score (nSPS) is 23.3. The quantitative estimate of drug-likeness (QED) is 0.872. The Kier molecular flexibility index (Phi) is 4.03. The molecule has 3 heterocycles. The van der Waals surface area contributed by atoms with Gasteiger partial charge in [-0.3, -0.25) is 9.69 Å². The molecule has 1 atom stereocenters. The molecule has 1 amide bonds. The van der Waals surface area contributed by atoms with Gasteiger partial charge in [0.05, 0.1) is 0 Å². The van der Waals surface area contributed by atoms with Gasteiger partial charge in [0.1, 0.15) is 0 Å². The molecule has 7 nitrogen and oxygen atoms in total. The fourth-order valence-electron chi connectivity index (χ4n) is 2.87. The lowest BCUT2D eigenvalue weighted by molar-refractivity contribution is -0.00291. The number of carbonyl (C=O) groups excluding carboxylic acids is 1. The second-order valence-electron chi connectivity index (χ2n) is 5.53. The van der Waals surface area contributed by atoms with Gasteiger partial charge in [-0.25, -0.2) is 9.97 Å². The second kappa shape index (κ2) is 5.95. The van der Waals surface area contributed by atoms with Crippen LogP contribution in [0.25, 0.3) is 0 Å². The Hall–Kier alpha value is -1.73. The number of aliphatic hydroxyl groups is 1. The van der Waals surface area contributed by atoms with Crippen LogP contribution in [0.3, 0.4) is 0 Å². The van der Waals surface area contributed by atoms with Crippen LogP contribution in [0.5, 0.6) is 0 Å². The highest BCUT2D eigenvalue weighted by Gasteiger charge is 2.36. The molecule has 0 radical (unpaired) electrons. The summed E-state index contributed by atoms with van der Waals surface area (Å²) in [4.78, 5) is 23.7. The lowest BCUT2D eigenvalue weighted by atomic mass is 9.96. The number of hydrogen-bond donors (Lipinski definition) is 1. The van der Waals surface area contributed by atoms with Gasteiger partial charge >= 0.3 is 0 Å². The highest BCUT2D eigenvalue weighted by Crippen LogP contribution is 2.26. The minimum absolute atomic E-state index is 0.254. The van der Waals surface area contributed by atoms with E-state index in [4.69, 9.17) is 4.74 Å². The first kappa shape index (κ1) is 14.2. The number of amides is 1. The van der Waals surface area contributed by atoms with Crippen molar-refractivity contribution in [2.24, 2.45) is 5.92 Å². The third kappa shape index (κ3) is 2.71. The predicted molar refractivity (Wildman–Crippen MR) is 75.6 cm³/mol. The number of anilines is 1. The largest absolute Gasteiger partial charge is 0.381 e. The van der Waals surface area contributed by atoms with Crippen LogP contribution in [-0.4, -0.2) is 59.0 Å². The van der Waals surface area contributed by atoms with Gasteiger partial charge < -0.3 is 14.7 Å². The van der Waals surface area contributed by atoms with Gasteiger partial charge in [0.15, 0.2) is 11.5 Å². The number of aromatic nitrogens is 2. The molecule has 1 aromatic rings. The van der Waals surface area contributed by atoms with Crippen molar-refractivity contribution in [2.75, 3.05) is 31.7 Å². The summed E-state index contributed by atoms with van der Waals surface area (Å²) < 4.78 is 5.34. The molecule has 0 spiro atoms. The zero-order valence-corrected chi connectivity index (χ0v) is 12.1. The van der Waals surface area contributed by atoms with Crippen molar-refractivity contribution in [2.45, 2.75) is 25.6 Å². The van der Waals surface area contributed by atoms with Crippen LogP contribution < -0.4 is 4.90 Å². The Labute approximate surface area is 123 Å². The minimum Gasteiger partial charge on any atom is -0.381 e. The predicted octanol–water partition coefficient (Wildman–Crippen LogP) is 0.461. The standard InChI is InChI=1S/C14H20N4O3/c1-17-12-11(15-5-6-16-12)13(19)18(14(17)20)7-2-10-3-8-21-9-4-10/h5-6,10,14,20H,2-4,7-9H2,1H3. The molecule has 1 fully saturated rings. The minimum atomic E-state index is -0.985. The maximum Gasteiger partial charge on any atom is 0.279 e. The first-order chi connectivity index (χ1) is 10.2. The Morgan fingerprint density at radius 1 is 1.33 bits per heavy atom. The highest BCUT2D eigenvalue weighted by molar-refractivity contribution is 5.98. The molecule has 21 heavy (non-hydrogen) atoms. The molecular weight excluding hydrogens is 272 g/mol. The zero-order chi connectivity index (χ0) is 14.8. The van der Waals surface area contributed by atoms with Crippen LogP contribution >= 0.6 is 0 Å². The van der Waals surface area contributed by atoms with Crippen LogP contribution in [-0.2, 0) is 4.74 Å². The Bertz CT molecular complexity index is 519. The second-order valence-corrected chi connectivity index (χ2v) is 5.53. The molecule has 2 aliphatic rings. The summed E-state index contributed by atoms with van der Waals surface area (Å²) in [6.45, 7) is 2.09. The smallest absolute Gasteiger partial charge is 0.279 e. The van der Waals surface area contributed by atoms with Crippen LogP contribution in [0.2, 0.25) is 0 Å². The van der Waals surface area contributed by atoms with Gasteiger partial charge in [0.25, 0.3) is 5.91 Å². The maximum absolute atomic E-state index is 12.5. The van der Waals surface area contributed by atoms with E-state index in [1.807, 2.05) is 0 Å². The molecule has 2 aliphatic heterocycles. The van der Waals surface area contributed by atoms with Gasteiger partial charge in [-0.2, -0.15) is 0 Å². The maximum atomic E-state index is 12.5. The molecule has 3 rings (SSSR count). The van der Waals surface area contributed by atoms with Gasteiger partial charge in [-0.15, -0.1) is 0 Å². The highest BCUT2D eigenvalue weighted by atomic mass is 16.5. The van der Waals surface area contributed by atoms with E-state index in [0.717, 1.165) is 32.5 Å². The van der Waals surface area contributed by atoms with E-state index < -0.39 is 6.35 Å². The Morgan fingerprint density at radius 2 is 2.05 bits per heavy atom. The summed E-state index contributed by atoms with van der Waals surface area (Å²) in [7, 11) is 1.71. The molecule has 0 saturated carbocycles. The third-order valence-electron chi connectivity index (χ3n) is 4.22. The van der Waals surface area contributed by atoms with E-state index in [1.54, 1.807) is 11.9 Å². The summed E-state index contributed by atoms with van der Waals surface area (Å²) >= 11 is 0. The summed E-state index contributed by atoms with van der Waals surface area (Å²) in [5.41, 5.74) is 0.303. The summed E-state index contributed by atoms with van der Waals surface area (Å²) in [6.07, 6.45) is 4.94. The van der Waals surface area contributed by atoms with Crippen molar-refractivity contribution in [3.63, 3.8) is 0 Å². The van der Waals surface area contributed by atoms with Gasteiger partial charge in [0.2, 0.25) is 6.35 Å². The Morgan fingerprint density at radius 3 is 2.81 bits per heavy atom. The number of aliphatic hydroxyl groups excluding tert-OH is 1. The zero-order valence-electron chi connectivity index (χ0n) is 12.1. The van der Waals surface area contributed by atoms with Crippen LogP contribution in [0.1, 0.15) is 29.8 Å². The van der Waals surface area contributed by atoms with E-state index in [9.17, 15) is 9.90 Å². The topological polar surface area (TPSA) is 78.8 Å². The van der Waals surface area contributed by atoms with Crippen molar-refractivity contribution < 1.29 is 14.6 Å². The van der Waals surface area contributed by atoms with Crippen molar-refractivity contribution in [3.05, 3.63) is 18.1 Å². The number of nitrogens with zero attached hydrogens (tertiary/aromatic N) is 4. The summed E-state index contributed by atoms with van der Waals surface area (Å²) in [6, 6.07) is 0. The lowest BCUT2D eigenvalue weighted by Crippen LogP contribution is -2.55. The van der Waals surface area contributed by atoms with E-state index in [-0.39, 0.29) is 5.91 Å². The molecule has 0 aliphatic carbocycles. The molecule has 1 N–H and O–H groups in total. The molecular formula is C14H20N4O3. The lowest BCUT2D eigenvalue weighted by Gasteiger charge is -2.39. The van der Waals surface area contributed by atoms with Gasteiger partial charge in [-0.05, 0) is 25.2 Å². The molecule has 114 valence electrons. The first-order valence-electron chi connectivity index (χ1n) is 7.29. The Balaban J connectivity index is 1.72. The summed E-state index contributed by atoms with van der Waals surface area (Å²) in [5.74, 6) is 0.723. The van der Waals surface area contributed by atoms with Crippen LogP contribution in [0.4, 0.5) is 5.82 Å².